The summed E-state index contributed by atoms with van der Waals surface area (Å²) in [6.07, 6.45) is 7.58. The highest BCUT2D eigenvalue weighted by Crippen LogP contribution is 2.60. The highest BCUT2D eigenvalue weighted by atomic mass is 16.1. The topological polar surface area (TPSA) is 20.3 Å². The molecule has 0 amide bonds. The van der Waals surface area contributed by atoms with Gasteiger partial charge in [0.25, 0.3) is 0 Å². The van der Waals surface area contributed by atoms with Gasteiger partial charge in [-0.1, -0.05) is 31.2 Å². The van der Waals surface area contributed by atoms with E-state index in [1.54, 1.807) is 11.1 Å². The van der Waals surface area contributed by atoms with Crippen LogP contribution in [0.4, 0.5) is 0 Å². The Balaban J connectivity index is 1.61. The number of nitrogens with zero attached hydrogens (tertiary/aromatic N) is 1. The van der Waals surface area contributed by atoms with Crippen LogP contribution in [0.15, 0.2) is 24.3 Å². The minimum absolute atomic E-state index is 0.287. The summed E-state index contributed by atoms with van der Waals surface area (Å²) < 4.78 is 0. The molecule has 2 aliphatic heterocycles. The van der Waals surface area contributed by atoms with Crippen LogP contribution in [0.3, 0.4) is 0 Å². The second-order valence-corrected chi connectivity index (χ2v) is 8.91. The van der Waals surface area contributed by atoms with Crippen molar-refractivity contribution in [3.63, 3.8) is 0 Å². The van der Waals surface area contributed by atoms with Crippen molar-refractivity contribution in [3.05, 3.63) is 35.4 Å². The van der Waals surface area contributed by atoms with Crippen LogP contribution in [0.2, 0.25) is 0 Å². The second kappa shape index (κ2) is 5.17. The molecule has 6 rings (SSSR count). The minimum Gasteiger partial charge on any atom is -0.300 e. The normalized spacial score (nSPS) is 40.4. The molecular weight excluding hydrogens is 294 g/mol. The molecule has 0 radical (unpaired) electrons. The van der Waals surface area contributed by atoms with E-state index < -0.39 is 0 Å². The van der Waals surface area contributed by atoms with Gasteiger partial charge in [-0.25, -0.2) is 0 Å². The number of piperidine rings is 2. The first-order valence-electron chi connectivity index (χ1n) is 9.98. The van der Waals surface area contributed by atoms with Gasteiger partial charge in [-0.05, 0) is 68.4 Å². The standard InChI is InChI=1S/C22H29NO/c1-3-22-12-21-17(14(2)24)11-19(22)20(23(21)13-15-8-9-15)10-16-6-4-5-7-18(16)22/h4-7,15,17,19-21H,3,8-13H2,1-2H3/t17?,19?,20?,21?,22-/m1/s1. The lowest BCUT2D eigenvalue weighted by molar-refractivity contribution is -0.143. The summed E-state index contributed by atoms with van der Waals surface area (Å²) in [6.45, 7) is 5.47. The van der Waals surface area contributed by atoms with Crippen molar-refractivity contribution in [2.24, 2.45) is 17.8 Å². The molecule has 128 valence electrons. The lowest BCUT2D eigenvalue weighted by Gasteiger charge is -2.65. The number of Topliss-reactive ketones (excluding diaryl/α,β-unsaturated/α-hetero) is 1. The first-order chi connectivity index (χ1) is 11.6. The fraction of sp³-hybridized carbons (Fsp3) is 0.682. The van der Waals surface area contributed by atoms with Gasteiger partial charge < -0.3 is 0 Å². The molecule has 2 heteroatoms. The Hall–Kier alpha value is -1.15. The molecule has 4 fully saturated rings. The van der Waals surface area contributed by atoms with Crippen LogP contribution in [0, 0.1) is 17.8 Å². The van der Waals surface area contributed by atoms with Crippen molar-refractivity contribution in [2.45, 2.75) is 69.9 Å². The molecule has 24 heavy (non-hydrogen) atoms. The minimum atomic E-state index is 0.287. The molecule has 2 nitrogen and oxygen atoms in total. The molecule has 0 spiro atoms. The summed E-state index contributed by atoms with van der Waals surface area (Å²) in [4.78, 5) is 15.2. The molecule has 4 unspecified atom stereocenters. The Morgan fingerprint density at radius 2 is 2.04 bits per heavy atom. The molecule has 2 saturated carbocycles. The molecule has 1 aromatic carbocycles. The van der Waals surface area contributed by atoms with Crippen molar-refractivity contribution in [1.82, 2.24) is 4.90 Å². The van der Waals surface area contributed by atoms with Gasteiger partial charge in [-0.3, -0.25) is 9.69 Å². The molecule has 0 aromatic heterocycles. The molecule has 2 heterocycles. The van der Waals surface area contributed by atoms with E-state index in [2.05, 4.69) is 36.1 Å². The number of benzene rings is 1. The van der Waals surface area contributed by atoms with E-state index in [0.29, 0.717) is 29.2 Å². The predicted molar refractivity (Wildman–Crippen MR) is 96.0 cm³/mol. The van der Waals surface area contributed by atoms with Gasteiger partial charge in [0.1, 0.15) is 5.78 Å². The highest BCUT2D eigenvalue weighted by Gasteiger charge is 2.61. The maximum atomic E-state index is 12.4. The molecule has 5 atom stereocenters. The fourth-order valence-corrected chi connectivity index (χ4v) is 6.56. The Morgan fingerprint density at radius 1 is 1.25 bits per heavy atom. The maximum Gasteiger partial charge on any atom is 0.134 e. The number of ketones is 1. The fourth-order valence-electron chi connectivity index (χ4n) is 6.56. The van der Waals surface area contributed by atoms with Gasteiger partial charge in [-0.2, -0.15) is 0 Å². The summed E-state index contributed by atoms with van der Waals surface area (Å²) in [5, 5.41) is 0. The molecule has 0 N–H and O–H groups in total. The summed E-state index contributed by atoms with van der Waals surface area (Å²) >= 11 is 0. The van der Waals surface area contributed by atoms with Gasteiger partial charge in [0.15, 0.2) is 0 Å². The predicted octanol–water partition coefficient (Wildman–Crippen LogP) is 3.97. The van der Waals surface area contributed by atoms with Crippen LogP contribution in [0.1, 0.15) is 57.1 Å². The van der Waals surface area contributed by atoms with E-state index >= 15 is 0 Å². The van der Waals surface area contributed by atoms with E-state index in [1.807, 2.05) is 6.92 Å². The summed E-state index contributed by atoms with van der Waals surface area (Å²) in [5.74, 6) is 2.30. The van der Waals surface area contributed by atoms with Crippen LogP contribution in [0.25, 0.3) is 0 Å². The van der Waals surface area contributed by atoms with Crippen LogP contribution < -0.4 is 0 Å². The molecule has 3 aliphatic carbocycles. The smallest absolute Gasteiger partial charge is 0.134 e. The zero-order valence-electron chi connectivity index (χ0n) is 15.0. The van der Waals surface area contributed by atoms with E-state index in [4.69, 9.17) is 0 Å². The monoisotopic (exact) mass is 323 g/mol. The van der Waals surface area contributed by atoms with Crippen molar-refractivity contribution < 1.29 is 4.79 Å². The number of rotatable bonds is 4. The van der Waals surface area contributed by atoms with Crippen molar-refractivity contribution >= 4 is 5.78 Å². The van der Waals surface area contributed by atoms with Gasteiger partial charge in [-0.15, -0.1) is 0 Å². The second-order valence-electron chi connectivity index (χ2n) is 8.91. The lowest BCUT2D eigenvalue weighted by atomic mass is 9.48. The Labute approximate surface area is 145 Å². The number of carbonyl (C=O) groups is 1. The Bertz CT molecular complexity index is 678. The molecule has 5 aliphatic rings. The molecule has 4 bridgehead atoms. The van der Waals surface area contributed by atoms with Crippen LogP contribution in [0.5, 0.6) is 0 Å². The van der Waals surface area contributed by atoms with Crippen molar-refractivity contribution in [3.8, 4) is 0 Å². The van der Waals surface area contributed by atoms with Gasteiger partial charge in [0.05, 0.1) is 0 Å². The summed E-state index contributed by atoms with van der Waals surface area (Å²) in [5.41, 5.74) is 3.53. The summed E-state index contributed by atoms with van der Waals surface area (Å²) in [7, 11) is 0. The largest absolute Gasteiger partial charge is 0.300 e. The lowest BCUT2D eigenvalue weighted by Crippen LogP contribution is -2.70. The average molecular weight is 323 g/mol. The van der Waals surface area contributed by atoms with Crippen LogP contribution >= 0.6 is 0 Å². The zero-order valence-corrected chi connectivity index (χ0v) is 15.0. The van der Waals surface area contributed by atoms with Crippen LogP contribution in [-0.2, 0) is 16.6 Å². The number of fused-ring (bicyclic) bond motifs is 2. The summed E-state index contributed by atoms with van der Waals surface area (Å²) in [6, 6.07) is 10.4. The van der Waals surface area contributed by atoms with E-state index in [-0.39, 0.29) is 5.92 Å². The third-order valence-corrected chi connectivity index (χ3v) is 7.87. The molecular formula is C22H29NO. The van der Waals surface area contributed by atoms with Gasteiger partial charge in [0.2, 0.25) is 0 Å². The zero-order chi connectivity index (χ0) is 16.5. The third kappa shape index (κ3) is 1.95. The molecule has 1 aromatic rings. The SMILES string of the molecule is CC[C@]12CC3C(C(C)=O)CC1C(Cc1ccccc12)N3CC1CC1. The number of hydrogen-bond acceptors (Lipinski definition) is 2. The number of carbonyl (C=O) groups excluding carboxylic acids is 1. The third-order valence-electron chi connectivity index (χ3n) is 7.87. The molecule has 2 saturated heterocycles. The average Bonchev–Trinajstić information content (AvgIpc) is 3.41. The Kier molecular flexibility index (Phi) is 3.26. The first-order valence-corrected chi connectivity index (χ1v) is 9.98. The van der Waals surface area contributed by atoms with Crippen LogP contribution in [-0.4, -0.2) is 29.3 Å². The highest BCUT2D eigenvalue weighted by molar-refractivity contribution is 5.79. The maximum absolute atomic E-state index is 12.4. The van der Waals surface area contributed by atoms with E-state index in [0.717, 1.165) is 12.3 Å². The van der Waals surface area contributed by atoms with E-state index in [1.165, 1.54) is 38.6 Å². The van der Waals surface area contributed by atoms with E-state index in [9.17, 15) is 4.79 Å². The van der Waals surface area contributed by atoms with Crippen molar-refractivity contribution in [2.75, 3.05) is 6.54 Å². The first kappa shape index (κ1) is 15.1. The van der Waals surface area contributed by atoms with Gasteiger partial charge >= 0.3 is 0 Å². The number of hydrogen-bond donors (Lipinski definition) is 0. The Morgan fingerprint density at radius 3 is 2.75 bits per heavy atom. The van der Waals surface area contributed by atoms with Crippen molar-refractivity contribution in [1.29, 1.82) is 0 Å². The van der Waals surface area contributed by atoms with Gasteiger partial charge in [0, 0.05) is 30.0 Å². The quantitative estimate of drug-likeness (QED) is 0.835.